The summed E-state index contributed by atoms with van der Waals surface area (Å²) >= 11 is 0. The Morgan fingerprint density at radius 1 is 1.21 bits per heavy atom. The lowest BCUT2D eigenvalue weighted by molar-refractivity contribution is -0.158. The van der Waals surface area contributed by atoms with E-state index in [1.165, 1.54) is 18.3 Å². The van der Waals surface area contributed by atoms with Gasteiger partial charge in [0.05, 0.1) is 13.5 Å². The number of Topliss-reactive ketones (excluding diaryl/α,β-unsaturated/α-hetero) is 2. The largest absolute Gasteiger partial charge is 0.468 e. The molecular weight excluding hydrogens is 304 g/mol. The molecule has 0 spiro atoms. The molecule has 1 aliphatic carbocycles. The molecule has 1 fully saturated rings. The monoisotopic (exact) mass is 334 g/mol. The van der Waals surface area contributed by atoms with Crippen LogP contribution in [0.2, 0.25) is 0 Å². The van der Waals surface area contributed by atoms with Crippen LogP contribution in [0.4, 0.5) is 0 Å². The summed E-state index contributed by atoms with van der Waals surface area (Å²) in [5.74, 6) is -1.71. The highest BCUT2D eigenvalue weighted by Crippen LogP contribution is 2.42. The van der Waals surface area contributed by atoms with Crippen molar-refractivity contribution in [2.75, 3.05) is 7.11 Å². The smallest absolute Gasteiger partial charge is 0.316 e. The van der Waals surface area contributed by atoms with Gasteiger partial charge in [0.15, 0.2) is 5.78 Å². The number of ketones is 2. The molecule has 0 N–H and O–H groups in total. The first-order valence-electron chi connectivity index (χ1n) is 8.61. The predicted octanol–water partition coefficient (Wildman–Crippen LogP) is 4.19. The van der Waals surface area contributed by atoms with Crippen LogP contribution in [0.5, 0.6) is 0 Å². The van der Waals surface area contributed by atoms with Gasteiger partial charge in [0, 0.05) is 6.42 Å². The molecule has 4 heteroatoms. The van der Waals surface area contributed by atoms with Crippen LogP contribution in [0.25, 0.3) is 0 Å². The molecule has 134 valence electrons. The van der Waals surface area contributed by atoms with Crippen molar-refractivity contribution in [1.82, 2.24) is 0 Å². The van der Waals surface area contributed by atoms with Gasteiger partial charge in [-0.2, -0.15) is 0 Å². The first-order chi connectivity index (χ1) is 11.2. The lowest BCUT2D eigenvalue weighted by Crippen LogP contribution is -2.46. The molecule has 2 atom stereocenters. The van der Waals surface area contributed by atoms with Crippen molar-refractivity contribution < 1.29 is 19.1 Å². The number of hydrogen-bond donors (Lipinski definition) is 0. The van der Waals surface area contributed by atoms with E-state index in [1.54, 1.807) is 0 Å². The quantitative estimate of drug-likeness (QED) is 0.398. The first kappa shape index (κ1) is 20.3. The summed E-state index contributed by atoms with van der Waals surface area (Å²) in [6, 6.07) is 0. The third-order valence-corrected chi connectivity index (χ3v) is 4.73. The SMILES string of the molecule is COC(=O)C1C(=O)CC(=O)C[C@]1(C)CC/C=C(\C)CCC=C(C)C. The van der Waals surface area contributed by atoms with E-state index in [9.17, 15) is 14.4 Å². The molecule has 1 aliphatic rings. The predicted molar refractivity (Wildman–Crippen MR) is 94.5 cm³/mol. The Labute approximate surface area is 145 Å². The second-order valence-corrected chi connectivity index (χ2v) is 7.38. The minimum atomic E-state index is -0.820. The molecule has 0 bridgehead atoms. The van der Waals surface area contributed by atoms with E-state index in [0.717, 1.165) is 19.3 Å². The van der Waals surface area contributed by atoms with Gasteiger partial charge in [-0.05, 0) is 51.9 Å². The number of hydrogen-bond acceptors (Lipinski definition) is 4. The van der Waals surface area contributed by atoms with Gasteiger partial charge in [-0.3, -0.25) is 14.4 Å². The van der Waals surface area contributed by atoms with Crippen molar-refractivity contribution >= 4 is 17.5 Å². The molecule has 1 unspecified atom stereocenters. The third kappa shape index (κ3) is 5.73. The van der Waals surface area contributed by atoms with Gasteiger partial charge in [-0.15, -0.1) is 0 Å². The second kappa shape index (κ2) is 8.95. The first-order valence-corrected chi connectivity index (χ1v) is 8.61. The van der Waals surface area contributed by atoms with Gasteiger partial charge in [0.2, 0.25) is 0 Å². The molecule has 1 rings (SSSR count). The summed E-state index contributed by atoms with van der Waals surface area (Å²) in [7, 11) is 1.29. The third-order valence-electron chi connectivity index (χ3n) is 4.73. The topological polar surface area (TPSA) is 60.4 Å². The standard InChI is InChI=1S/C20H30O4/c1-14(2)8-6-9-15(3)10-7-11-20(4)13-16(21)12-17(22)18(20)19(23)24-5/h8,10,18H,6-7,9,11-13H2,1-5H3/b15-10+/t18?,20-/m0/s1. The Kier molecular flexibility index (Phi) is 7.59. The molecule has 24 heavy (non-hydrogen) atoms. The minimum Gasteiger partial charge on any atom is -0.468 e. The molecule has 0 saturated heterocycles. The summed E-state index contributed by atoms with van der Waals surface area (Å²) in [6.07, 6.45) is 7.89. The van der Waals surface area contributed by atoms with E-state index in [1.807, 2.05) is 6.92 Å². The highest BCUT2D eigenvalue weighted by molar-refractivity contribution is 6.11. The number of carbonyl (C=O) groups is 3. The fourth-order valence-electron chi connectivity index (χ4n) is 3.41. The van der Waals surface area contributed by atoms with Crippen molar-refractivity contribution in [2.24, 2.45) is 11.3 Å². The Morgan fingerprint density at radius 2 is 1.88 bits per heavy atom. The van der Waals surface area contributed by atoms with Crippen LogP contribution in [-0.4, -0.2) is 24.6 Å². The van der Waals surface area contributed by atoms with Crippen LogP contribution in [0, 0.1) is 11.3 Å². The molecule has 0 aromatic heterocycles. The summed E-state index contributed by atoms with van der Waals surface area (Å²) < 4.78 is 4.80. The highest BCUT2D eigenvalue weighted by Gasteiger charge is 2.49. The zero-order chi connectivity index (χ0) is 18.3. The summed E-state index contributed by atoms with van der Waals surface area (Å²) in [4.78, 5) is 36.1. The lowest BCUT2D eigenvalue weighted by Gasteiger charge is -2.37. The zero-order valence-electron chi connectivity index (χ0n) is 15.6. The van der Waals surface area contributed by atoms with Gasteiger partial charge in [-0.25, -0.2) is 0 Å². The van der Waals surface area contributed by atoms with E-state index in [-0.39, 0.29) is 24.4 Å². The Balaban J connectivity index is 2.73. The average molecular weight is 334 g/mol. The van der Waals surface area contributed by atoms with Gasteiger partial charge in [-0.1, -0.05) is 30.2 Å². The van der Waals surface area contributed by atoms with Crippen LogP contribution < -0.4 is 0 Å². The molecular formula is C20H30O4. The van der Waals surface area contributed by atoms with Gasteiger partial charge >= 0.3 is 5.97 Å². The van der Waals surface area contributed by atoms with Crippen molar-refractivity contribution in [3.05, 3.63) is 23.3 Å². The molecule has 4 nitrogen and oxygen atoms in total. The maximum absolute atomic E-state index is 12.2. The van der Waals surface area contributed by atoms with Crippen molar-refractivity contribution in [1.29, 1.82) is 0 Å². The van der Waals surface area contributed by atoms with Crippen molar-refractivity contribution in [2.45, 2.75) is 66.2 Å². The van der Waals surface area contributed by atoms with E-state index in [4.69, 9.17) is 4.74 Å². The van der Waals surface area contributed by atoms with E-state index in [2.05, 4.69) is 32.9 Å². The van der Waals surface area contributed by atoms with Crippen LogP contribution in [0.1, 0.15) is 66.2 Å². The van der Waals surface area contributed by atoms with E-state index >= 15 is 0 Å². The van der Waals surface area contributed by atoms with Gasteiger partial charge in [0.25, 0.3) is 0 Å². The zero-order valence-corrected chi connectivity index (χ0v) is 15.6. The van der Waals surface area contributed by atoms with E-state index < -0.39 is 17.3 Å². The lowest BCUT2D eigenvalue weighted by atomic mass is 9.64. The summed E-state index contributed by atoms with van der Waals surface area (Å²) in [5.41, 5.74) is 1.96. The van der Waals surface area contributed by atoms with Crippen LogP contribution in [0.15, 0.2) is 23.3 Å². The van der Waals surface area contributed by atoms with E-state index in [0.29, 0.717) is 6.42 Å². The number of methoxy groups -OCH3 is 1. The number of rotatable bonds is 7. The maximum Gasteiger partial charge on any atom is 0.316 e. The average Bonchev–Trinajstić information content (AvgIpc) is 2.45. The van der Waals surface area contributed by atoms with Crippen LogP contribution in [0.3, 0.4) is 0 Å². The molecule has 0 amide bonds. The maximum atomic E-state index is 12.2. The van der Waals surface area contributed by atoms with Gasteiger partial charge < -0.3 is 4.74 Å². The Hall–Kier alpha value is -1.71. The number of allylic oxidation sites excluding steroid dienone is 4. The number of ether oxygens (including phenoxy) is 1. The molecule has 0 radical (unpaired) electrons. The number of esters is 1. The normalized spacial score (nSPS) is 24.7. The molecule has 0 aliphatic heterocycles. The molecule has 0 aromatic rings. The Bertz CT molecular complexity index is 552. The molecule has 1 saturated carbocycles. The highest BCUT2D eigenvalue weighted by atomic mass is 16.5. The fraction of sp³-hybridized carbons (Fsp3) is 0.650. The minimum absolute atomic E-state index is 0.0769. The second-order valence-electron chi connectivity index (χ2n) is 7.38. The van der Waals surface area contributed by atoms with Crippen LogP contribution in [-0.2, 0) is 19.1 Å². The van der Waals surface area contributed by atoms with Crippen molar-refractivity contribution in [3.63, 3.8) is 0 Å². The van der Waals surface area contributed by atoms with Crippen molar-refractivity contribution in [3.8, 4) is 0 Å². The molecule has 0 aromatic carbocycles. The molecule has 0 heterocycles. The van der Waals surface area contributed by atoms with Crippen LogP contribution >= 0.6 is 0 Å². The fourth-order valence-corrected chi connectivity index (χ4v) is 3.41. The summed E-state index contributed by atoms with van der Waals surface area (Å²) in [5, 5.41) is 0. The summed E-state index contributed by atoms with van der Waals surface area (Å²) in [6.45, 7) is 8.12. The Morgan fingerprint density at radius 3 is 2.46 bits per heavy atom. The van der Waals surface area contributed by atoms with Gasteiger partial charge in [0.1, 0.15) is 11.7 Å². The number of carbonyl (C=O) groups excluding carboxylic acids is 3.